The van der Waals surface area contributed by atoms with Crippen LogP contribution in [0.5, 0.6) is 0 Å². The summed E-state index contributed by atoms with van der Waals surface area (Å²) in [7, 11) is 0. The highest BCUT2D eigenvalue weighted by molar-refractivity contribution is 9.11. The largest absolute Gasteiger partial charge is 0.477 e. The number of thiophene rings is 1. The summed E-state index contributed by atoms with van der Waals surface area (Å²) in [6.07, 6.45) is 6.80. The smallest absolute Gasteiger partial charge is 0.354 e. The first-order valence-electron chi connectivity index (χ1n) is 10.6. The van der Waals surface area contributed by atoms with Crippen molar-refractivity contribution in [2.75, 3.05) is 0 Å². The Morgan fingerprint density at radius 2 is 2.06 bits per heavy atom. The van der Waals surface area contributed by atoms with E-state index in [-0.39, 0.29) is 23.7 Å². The van der Waals surface area contributed by atoms with Crippen molar-refractivity contribution in [3.05, 3.63) is 63.1 Å². The standard InChI is InChI=1S/C23H20BrN5O3S/c24-20-8-7-19(33-20)22(30)27-13-4-3-5-14(10-13)29-18-12-26-17(23(31)32)11-16(18)28-21(29)15-6-1-2-9-25-15/h1-2,6-9,11-14H,3-5,10H2,(H,27,30)(H,31,32)/t13-,14+/m0/s1. The van der Waals surface area contributed by atoms with Crippen molar-refractivity contribution in [3.63, 3.8) is 0 Å². The van der Waals surface area contributed by atoms with Crippen LogP contribution in [0, 0.1) is 0 Å². The van der Waals surface area contributed by atoms with E-state index in [2.05, 4.69) is 35.8 Å². The van der Waals surface area contributed by atoms with E-state index in [0.717, 1.165) is 35.0 Å². The fourth-order valence-corrected chi connectivity index (χ4v) is 5.67. The third-order valence-corrected chi connectivity index (χ3v) is 7.46. The Hall–Kier alpha value is -3.11. The molecule has 2 atom stereocenters. The van der Waals surface area contributed by atoms with Gasteiger partial charge in [0.25, 0.3) is 5.91 Å². The van der Waals surface area contributed by atoms with Gasteiger partial charge in [-0.2, -0.15) is 0 Å². The van der Waals surface area contributed by atoms with Gasteiger partial charge in [-0.15, -0.1) is 11.3 Å². The Morgan fingerprint density at radius 3 is 2.79 bits per heavy atom. The van der Waals surface area contributed by atoms with Crippen LogP contribution in [-0.4, -0.2) is 42.5 Å². The molecule has 168 valence electrons. The predicted octanol–water partition coefficient (Wildman–Crippen LogP) is 4.93. The number of carbonyl (C=O) groups is 2. The molecule has 4 aromatic heterocycles. The van der Waals surface area contributed by atoms with E-state index in [4.69, 9.17) is 4.98 Å². The number of carboxylic acids is 1. The minimum absolute atomic E-state index is 0.0254. The highest BCUT2D eigenvalue weighted by Gasteiger charge is 2.29. The Bertz CT molecular complexity index is 1340. The molecule has 1 saturated carbocycles. The van der Waals surface area contributed by atoms with Gasteiger partial charge in [-0.1, -0.05) is 6.07 Å². The molecule has 2 N–H and O–H groups in total. The lowest BCUT2D eigenvalue weighted by atomic mass is 9.90. The summed E-state index contributed by atoms with van der Waals surface area (Å²) in [6.45, 7) is 0. The summed E-state index contributed by atoms with van der Waals surface area (Å²) in [6, 6.07) is 10.9. The molecule has 0 saturated heterocycles. The van der Waals surface area contributed by atoms with Crippen LogP contribution in [0.15, 0.2) is 52.6 Å². The van der Waals surface area contributed by atoms with Crippen LogP contribution >= 0.6 is 27.3 Å². The van der Waals surface area contributed by atoms with Crippen LogP contribution in [0.4, 0.5) is 0 Å². The van der Waals surface area contributed by atoms with E-state index in [1.165, 1.54) is 17.4 Å². The van der Waals surface area contributed by atoms with Crippen LogP contribution in [0.25, 0.3) is 22.6 Å². The monoisotopic (exact) mass is 525 g/mol. The molecule has 4 aromatic rings. The number of nitrogens with zero attached hydrogens (tertiary/aromatic N) is 4. The first kappa shape index (κ1) is 21.7. The summed E-state index contributed by atoms with van der Waals surface area (Å²) in [5.41, 5.74) is 1.99. The van der Waals surface area contributed by atoms with Gasteiger partial charge in [-0.25, -0.2) is 14.8 Å². The van der Waals surface area contributed by atoms with Crippen molar-refractivity contribution in [1.82, 2.24) is 24.8 Å². The number of aromatic carboxylic acids is 1. The van der Waals surface area contributed by atoms with Gasteiger partial charge in [0.05, 0.1) is 25.9 Å². The number of hydrogen-bond acceptors (Lipinski definition) is 6. The van der Waals surface area contributed by atoms with Crippen LogP contribution in [0.3, 0.4) is 0 Å². The minimum atomic E-state index is -1.09. The molecule has 0 unspecified atom stereocenters. The maximum absolute atomic E-state index is 12.7. The third-order valence-electron chi connectivity index (χ3n) is 5.83. The maximum Gasteiger partial charge on any atom is 0.354 e. The van der Waals surface area contributed by atoms with Gasteiger partial charge in [-0.05, 0) is 71.9 Å². The number of carboxylic acid groups (broad SMARTS) is 1. The lowest BCUT2D eigenvalue weighted by Gasteiger charge is -2.31. The van der Waals surface area contributed by atoms with Crippen molar-refractivity contribution >= 4 is 50.2 Å². The molecule has 8 nitrogen and oxygen atoms in total. The number of halogens is 1. The van der Waals surface area contributed by atoms with Gasteiger partial charge in [0.15, 0.2) is 5.82 Å². The number of pyridine rings is 2. The summed E-state index contributed by atoms with van der Waals surface area (Å²) >= 11 is 4.82. The van der Waals surface area contributed by atoms with Gasteiger partial charge in [0.2, 0.25) is 0 Å². The van der Waals surface area contributed by atoms with Crippen molar-refractivity contribution < 1.29 is 14.7 Å². The number of nitrogens with one attached hydrogen (secondary N) is 1. The first-order valence-corrected chi connectivity index (χ1v) is 12.2. The number of fused-ring (bicyclic) bond motifs is 1. The number of imidazole rings is 1. The van der Waals surface area contributed by atoms with Crippen LogP contribution < -0.4 is 5.32 Å². The fourth-order valence-electron chi connectivity index (χ4n) is 4.38. The van der Waals surface area contributed by atoms with E-state index in [9.17, 15) is 14.7 Å². The molecule has 0 spiro atoms. The van der Waals surface area contributed by atoms with Gasteiger partial charge in [0, 0.05) is 18.3 Å². The lowest BCUT2D eigenvalue weighted by molar-refractivity contribution is 0.0690. The number of rotatable bonds is 5. The lowest BCUT2D eigenvalue weighted by Crippen LogP contribution is -2.38. The molecule has 0 bridgehead atoms. The highest BCUT2D eigenvalue weighted by Crippen LogP contribution is 2.36. The molecule has 5 rings (SSSR count). The predicted molar refractivity (Wildman–Crippen MR) is 128 cm³/mol. The SMILES string of the molecule is O=C(O)c1cc2nc(-c3ccccn3)n([C@@H]3CCC[C@H](NC(=O)c4ccc(Br)s4)C3)c2cn1. The van der Waals surface area contributed by atoms with E-state index in [1.54, 1.807) is 12.4 Å². The molecule has 4 heterocycles. The van der Waals surface area contributed by atoms with Gasteiger partial charge >= 0.3 is 5.97 Å². The van der Waals surface area contributed by atoms with Gasteiger partial charge in [0.1, 0.15) is 11.4 Å². The second-order valence-corrected chi connectivity index (χ2v) is 10.4. The first-order chi connectivity index (χ1) is 16.0. The summed E-state index contributed by atoms with van der Waals surface area (Å²) in [5.74, 6) is -0.481. The molecule has 0 aromatic carbocycles. The van der Waals surface area contributed by atoms with Gasteiger partial charge < -0.3 is 15.0 Å². The summed E-state index contributed by atoms with van der Waals surface area (Å²) < 4.78 is 3.03. The van der Waals surface area contributed by atoms with Crippen molar-refractivity contribution in [1.29, 1.82) is 0 Å². The average molecular weight is 526 g/mol. The Morgan fingerprint density at radius 1 is 1.18 bits per heavy atom. The molecule has 1 aliphatic carbocycles. The highest BCUT2D eigenvalue weighted by atomic mass is 79.9. The second kappa shape index (κ2) is 9.03. The molecule has 1 amide bonds. The van der Waals surface area contributed by atoms with E-state index in [0.29, 0.717) is 21.9 Å². The zero-order valence-corrected chi connectivity index (χ0v) is 19.8. The number of aromatic nitrogens is 4. The third kappa shape index (κ3) is 4.40. The van der Waals surface area contributed by atoms with E-state index in [1.807, 2.05) is 30.3 Å². The second-order valence-electron chi connectivity index (χ2n) is 7.98. The molecule has 1 fully saturated rings. The molecular weight excluding hydrogens is 506 g/mol. The molecule has 0 aliphatic heterocycles. The molecule has 0 radical (unpaired) electrons. The molecule has 10 heteroatoms. The average Bonchev–Trinajstić information content (AvgIpc) is 3.43. The number of carbonyl (C=O) groups excluding carboxylic acids is 1. The Balaban J connectivity index is 1.49. The van der Waals surface area contributed by atoms with Crippen molar-refractivity contribution in [2.45, 2.75) is 37.8 Å². The number of hydrogen-bond donors (Lipinski definition) is 2. The molecule has 1 aliphatic rings. The molecular formula is C23H20BrN5O3S. The van der Waals surface area contributed by atoms with Crippen LogP contribution in [-0.2, 0) is 0 Å². The fraction of sp³-hybridized carbons (Fsp3) is 0.261. The zero-order chi connectivity index (χ0) is 22.9. The van der Waals surface area contributed by atoms with E-state index < -0.39 is 5.97 Å². The quantitative estimate of drug-likeness (QED) is 0.382. The Labute approximate surface area is 201 Å². The summed E-state index contributed by atoms with van der Waals surface area (Å²) in [5, 5.41) is 12.5. The number of amides is 1. The normalized spacial score (nSPS) is 18.3. The molecule has 33 heavy (non-hydrogen) atoms. The Kier molecular flexibility index (Phi) is 5.94. The van der Waals surface area contributed by atoms with Gasteiger partial charge in [-0.3, -0.25) is 9.78 Å². The minimum Gasteiger partial charge on any atom is -0.477 e. The van der Waals surface area contributed by atoms with Crippen molar-refractivity contribution in [2.24, 2.45) is 0 Å². The van der Waals surface area contributed by atoms with E-state index >= 15 is 0 Å². The topological polar surface area (TPSA) is 110 Å². The summed E-state index contributed by atoms with van der Waals surface area (Å²) in [4.78, 5) is 38.1. The van der Waals surface area contributed by atoms with Crippen LogP contribution in [0.2, 0.25) is 0 Å². The van der Waals surface area contributed by atoms with Crippen LogP contribution in [0.1, 0.15) is 51.9 Å². The zero-order valence-electron chi connectivity index (χ0n) is 17.4. The van der Waals surface area contributed by atoms with Crippen molar-refractivity contribution in [3.8, 4) is 11.5 Å². The maximum atomic E-state index is 12.7.